The number of hydrogen-bond acceptors (Lipinski definition) is 8. The molecule has 0 aliphatic carbocycles. The summed E-state index contributed by atoms with van der Waals surface area (Å²) < 4.78 is 52.1. The van der Waals surface area contributed by atoms with Crippen LogP contribution in [-0.2, 0) is 18.0 Å². The molecule has 3 aromatic rings. The van der Waals surface area contributed by atoms with Crippen LogP contribution in [0.25, 0.3) is 11.6 Å². The Kier molecular flexibility index (Phi) is 6.78. The maximum Gasteiger partial charge on any atom is 0.416 e. The number of hydrogen-bond donors (Lipinski definition) is 0. The van der Waals surface area contributed by atoms with Crippen molar-refractivity contribution in [3.8, 4) is 11.6 Å². The Morgan fingerprint density at radius 1 is 1.14 bits per heavy atom. The van der Waals surface area contributed by atoms with E-state index in [4.69, 9.17) is 9.15 Å². The predicted molar refractivity (Wildman–Crippen MR) is 125 cm³/mol. The van der Waals surface area contributed by atoms with Gasteiger partial charge in [0.25, 0.3) is 0 Å². The van der Waals surface area contributed by atoms with E-state index < -0.39 is 11.7 Å². The van der Waals surface area contributed by atoms with Gasteiger partial charge in [0.15, 0.2) is 17.3 Å². The minimum Gasteiger partial charge on any atom is -0.440 e. The predicted octanol–water partition coefficient (Wildman–Crippen LogP) is 3.87. The number of thioether (sulfide) groups is 1. The number of anilines is 1. The Hall–Kier alpha value is -2.57. The van der Waals surface area contributed by atoms with Gasteiger partial charge in [-0.15, -0.1) is 10.2 Å². The number of rotatable bonds is 7. The van der Waals surface area contributed by atoms with Crippen molar-refractivity contribution < 1.29 is 22.3 Å². The summed E-state index contributed by atoms with van der Waals surface area (Å²) in [6.45, 7) is 5.69. The molecule has 0 unspecified atom stereocenters. The highest BCUT2D eigenvalue weighted by molar-refractivity contribution is 7.99. The Morgan fingerprint density at radius 2 is 1.94 bits per heavy atom. The Bertz CT molecular complexity index is 1150. The van der Waals surface area contributed by atoms with Crippen molar-refractivity contribution in [2.45, 2.75) is 36.8 Å². The standard InChI is InChI=1S/C23H27F3N6O2S/c1-15-20(34-14-27-15)21-28-29-22(30(21)2)35-11-3-8-31-12-18-19(13-31)33-10-9-32(18)17-6-4-16(5-7-17)23(24,25)26/h4-7,14,18-19H,3,8-13H2,1-2H3/t18-,19+/m1/s1. The minimum atomic E-state index is -4.32. The third-order valence-corrected chi connectivity index (χ3v) is 7.64. The summed E-state index contributed by atoms with van der Waals surface area (Å²) in [7, 11) is 1.91. The highest BCUT2D eigenvalue weighted by Crippen LogP contribution is 2.33. The molecule has 35 heavy (non-hydrogen) atoms. The molecule has 5 rings (SSSR count). The van der Waals surface area contributed by atoms with E-state index in [0.29, 0.717) is 24.7 Å². The summed E-state index contributed by atoms with van der Waals surface area (Å²) in [5.41, 5.74) is 0.969. The van der Waals surface area contributed by atoms with Crippen LogP contribution in [-0.4, -0.2) is 75.3 Å². The average molecular weight is 509 g/mol. The van der Waals surface area contributed by atoms with Crippen molar-refractivity contribution in [1.29, 1.82) is 0 Å². The zero-order valence-corrected chi connectivity index (χ0v) is 20.3. The quantitative estimate of drug-likeness (QED) is 0.352. The number of halogens is 3. The van der Waals surface area contributed by atoms with Crippen LogP contribution in [0.4, 0.5) is 18.9 Å². The number of aryl methyl sites for hydroxylation is 1. The number of fused-ring (bicyclic) bond motifs is 1. The highest BCUT2D eigenvalue weighted by Gasteiger charge is 2.40. The lowest BCUT2D eigenvalue weighted by Crippen LogP contribution is -2.51. The number of morpholine rings is 1. The van der Waals surface area contributed by atoms with Crippen molar-refractivity contribution in [2.75, 3.05) is 43.4 Å². The lowest BCUT2D eigenvalue weighted by molar-refractivity contribution is -0.137. The van der Waals surface area contributed by atoms with Crippen LogP contribution >= 0.6 is 11.8 Å². The lowest BCUT2D eigenvalue weighted by Gasteiger charge is -2.38. The molecule has 1 aromatic carbocycles. The molecule has 0 saturated carbocycles. The third kappa shape index (κ3) is 5.05. The van der Waals surface area contributed by atoms with Crippen LogP contribution in [0.3, 0.4) is 0 Å². The van der Waals surface area contributed by atoms with E-state index in [1.165, 1.54) is 6.39 Å². The van der Waals surface area contributed by atoms with Gasteiger partial charge in [0.05, 0.1) is 30.0 Å². The van der Waals surface area contributed by atoms with Gasteiger partial charge in [0.2, 0.25) is 5.82 Å². The van der Waals surface area contributed by atoms with E-state index >= 15 is 0 Å². The smallest absolute Gasteiger partial charge is 0.416 e. The van der Waals surface area contributed by atoms with E-state index in [2.05, 4.69) is 25.0 Å². The molecule has 188 valence electrons. The van der Waals surface area contributed by atoms with Crippen molar-refractivity contribution >= 4 is 17.4 Å². The molecule has 0 bridgehead atoms. The van der Waals surface area contributed by atoms with Crippen LogP contribution in [0, 0.1) is 6.92 Å². The van der Waals surface area contributed by atoms with E-state index in [1.54, 1.807) is 23.9 Å². The summed E-state index contributed by atoms with van der Waals surface area (Å²) in [5, 5.41) is 9.35. The number of aromatic nitrogens is 4. The summed E-state index contributed by atoms with van der Waals surface area (Å²) >= 11 is 1.65. The van der Waals surface area contributed by atoms with Gasteiger partial charge in [0, 0.05) is 38.1 Å². The molecule has 0 radical (unpaired) electrons. The third-order valence-electron chi connectivity index (χ3n) is 6.54. The first kappa shape index (κ1) is 24.1. The molecular weight excluding hydrogens is 481 g/mol. The molecule has 2 aliphatic heterocycles. The average Bonchev–Trinajstić information content (AvgIpc) is 3.54. The zero-order valence-electron chi connectivity index (χ0n) is 19.5. The van der Waals surface area contributed by atoms with E-state index in [1.807, 2.05) is 18.5 Å². The van der Waals surface area contributed by atoms with Gasteiger partial charge >= 0.3 is 6.18 Å². The van der Waals surface area contributed by atoms with Gasteiger partial charge in [-0.25, -0.2) is 4.98 Å². The molecule has 0 amide bonds. The second-order valence-corrected chi connectivity index (χ2v) is 9.87. The van der Waals surface area contributed by atoms with Gasteiger partial charge < -0.3 is 18.6 Å². The molecule has 2 aliphatic rings. The highest BCUT2D eigenvalue weighted by atomic mass is 32.2. The SMILES string of the molecule is Cc1ncoc1-c1nnc(SCCCN2C[C@@H]3OCCN(c4ccc(C(F)(F)F)cc4)[C@@H]3C2)n1C. The summed E-state index contributed by atoms with van der Waals surface area (Å²) in [6.07, 6.45) is -1.89. The molecule has 2 saturated heterocycles. The van der Waals surface area contributed by atoms with E-state index in [9.17, 15) is 13.2 Å². The first-order valence-corrected chi connectivity index (χ1v) is 12.5. The van der Waals surface area contributed by atoms with Gasteiger partial charge in [-0.2, -0.15) is 13.2 Å². The molecule has 0 N–H and O–H groups in total. The number of likely N-dealkylation sites (tertiary alicyclic amines) is 1. The second kappa shape index (κ2) is 9.82. The number of benzene rings is 1. The number of ether oxygens (including phenoxy) is 1. The van der Waals surface area contributed by atoms with Gasteiger partial charge in [-0.05, 0) is 44.2 Å². The Balaban J connectivity index is 1.14. The number of oxazole rings is 1. The maximum atomic E-state index is 12.9. The lowest BCUT2D eigenvalue weighted by atomic mass is 10.1. The fourth-order valence-corrected chi connectivity index (χ4v) is 5.55. The van der Waals surface area contributed by atoms with Gasteiger partial charge in [-0.1, -0.05) is 11.8 Å². The molecule has 4 heterocycles. The fourth-order valence-electron chi connectivity index (χ4n) is 4.72. The van der Waals surface area contributed by atoms with E-state index in [0.717, 1.165) is 60.5 Å². The minimum absolute atomic E-state index is 0.0603. The fraction of sp³-hybridized carbons (Fsp3) is 0.522. The van der Waals surface area contributed by atoms with Crippen LogP contribution < -0.4 is 4.90 Å². The first-order valence-electron chi connectivity index (χ1n) is 11.5. The largest absolute Gasteiger partial charge is 0.440 e. The first-order chi connectivity index (χ1) is 16.8. The van der Waals surface area contributed by atoms with Crippen LogP contribution in [0.15, 0.2) is 40.2 Å². The molecule has 12 heteroatoms. The summed E-state index contributed by atoms with van der Waals surface area (Å²) in [5.74, 6) is 2.17. The molecule has 8 nitrogen and oxygen atoms in total. The number of alkyl halides is 3. The normalized spacial score (nSPS) is 21.0. The topological polar surface area (TPSA) is 72.4 Å². The van der Waals surface area contributed by atoms with E-state index in [-0.39, 0.29) is 12.1 Å². The number of nitrogens with zero attached hydrogens (tertiary/aromatic N) is 6. The van der Waals surface area contributed by atoms with Crippen LogP contribution in [0.2, 0.25) is 0 Å². The maximum absolute atomic E-state index is 12.9. The molecular formula is C23H27F3N6O2S. The van der Waals surface area contributed by atoms with Crippen molar-refractivity contribution in [1.82, 2.24) is 24.6 Å². The zero-order chi connectivity index (χ0) is 24.6. The second-order valence-electron chi connectivity index (χ2n) is 8.81. The Labute approximate surface area is 205 Å². The summed E-state index contributed by atoms with van der Waals surface area (Å²) in [6, 6.07) is 5.59. The Morgan fingerprint density at radius 3 is 2.66 bits per heavy atom. The summed E-state index contributed by atoms with van der Waals surface area (Å²) in [4.78, 5) is 8.68. The van der Waals surface area contributed by atoms with Gasteiger partial charge in [0.1, 0.15) is 0 Å². The van der Waals surface area contributed by atoms with Crippen LogP contribution in [0.5, 0.6) is 0 Å². The van der Waals surface area contributed by atoms with Gasteiger partial charge in [-0.3, -0.25) is 4.90 Å². The molecule has 2 atom stereocenters. The van der Waals surface area contributed by atoms with Crippen molar-refractivity contribution in [2.24, 2.45) is 7.05 Å². The monoisotopic (exact) mass is 508 g/mol. The van der Waals surface area contributed by atoms with Crippen molar-refractivity contribution in [3.05, 3.63) is 41.9 Å². The van der Waals surface area contributed by atoms with Crippen molar-refractivity contribution in [3.63, 3.8) is 0 Å². The molecule has 0 spiro atoms. The van der Waals surface area contributed by atoms with Crippen LogP contribution in [0.1, 0.15) is 17.7 Å². The molecule has 2 aromatic heterocycles. The molecule has 2 fully saturated rings.